The van der Waals surface area contributed by atoms with Crippen LogP contribution in [-0.4, -0.2) is 50.4 Å². The summed E-state index contributed by atoms with van der Waals surface area (Å²) in [6.07, 6.45) is 1.13. The molecule has 2 aliphatic heterocycles. The first-order valence-corrected chi connectivity index (χ1v) is 10.4. The Hall–Kier alpha value is -1.70. The fourth-order valence-corrected chi connectivity index (χ4v) is 5.30. The molecule has 1 saturated heterocycles. The van der Waals surface area contributed by atoms with Crippen LogP contribution in [0.2, 0.25) is 0 Å². The summed E-state index contributed by atoms with van der Waals surface area (Å²) < 4.78 is 50.5. The summed E-state index contributed by atoms with van der Waals surface area (Å²) in [7, 11) is -2.92. The Balaban J connectivity index is 1.73. The molecule has 0 amide bonds. The average Bonchev–Trinajstić information content (AvgIpc) is 2.89. The van der Waals surface area contributed by atoms with Crippen LogP contribution < -0.4 is 5.32 Å². The van der Waals surface area contributed by atoms with Gasteiger partial charge in [0, 0.05) is 32.2 Å². The molecule has 1 aromatic carbocycles. The lowest BCUT2D eigenvalue weighted by Crippen LogP contribution is -2.44. The molecule has 1 fully saturated rings. The van der Waals surface area contributed by atoms with Gasteiger partial charge in [-0.15, -0.1) is 0 Å². The van der Waals surface area contributed by atoms with Gasteiger partial charge in [-0.1, -0.05) is 0 Å². The number of sulfone groups is 1. The Morgan fingerprint density at radius 2 is 2.20 bits per heavy atom. The van der Waals surface area contributed by atoms with Gasteiger partial charge in [0.25, 0.3) is 0 Å². The first-order valence-electron chi connectivity index (χ1n) is 8.58. The Morgan fingerprint density at radius 1 is 1.40 bits per heavy atom. The molecule has 3 rings (SSSR count). The van der Waals surface area contributed by atoms with Crippen LogP contribution in [-0.2, 0) is 22.8 Å². The molecule has 1 unspecified atom stereocenters. The zero-order valence-corrected chi connectivity index (χ0v) is 15.1. The molecule has 138 valence electrons. The van der Waals surface area contributed by atoms with Crippen molar-refractivity contribution < 1.29 is 17.2 Å². The molecule has 1 atom stereocenters. The second kappa shape index (κ2) is 7.27. The molecule has 25 heavy (non-hydrogen) atoms. The molecule has 1 N–H and O–H groups in total. The van der Waals surface area contributed by atoms with Crippen molar-refractivity contribution in [1.82, 2.24) is 10.2 Å². The second-order valence-electron chi connectivity index (χ2n) is 6.66. The lowest BCUT2D eigenvalue weighted by molar-refractivity contribution is 0.369. The molecular formula is C17H23F2N3O2S. The Morgan fingerprint density at radius 3 is 2.88 bits per heavy atom. The topological polar surface area (TPSA) is 61.8 Å². The quantitative estimate of drug-likeness (QED) is 0.649. The van der Waals surface area contributed by atoms with Crippen LogP contribution in [0.5, 0.6) is 0 Å². The standard InChI is InChI=1S/C17H23F2N3O2S/c1-2-20-17(21-9-12-4-6-25(23,24)11-12)22-5-3-15-13(10-22)7-14(18)8-16(15)19/h7-8,12H,2-6,9-11H2,1H3,(H,20,21). The molecule has 8 heteroatoms. The third kappa shape index (κ3) is 4.29. The molecule has 0 bridgehead atoms. The van der Waals surface area contributed by atoms with Crippen LogP contribution in [0.3, 0.4) is 0 Å². The van der Waals surface area contributed by atoms with Gasteiger partial charge in [0.1, 0.15) is 11.6 Å². The maximum atomic E-state index is 13.9. The van der Waals surface area contributed by atoms with Crippen LogP contribution in [0.15, 0.2) is 17.1 Å². The lowest BCUT2D eigenvalue weighted by atomic mass is 9.99. The number of nitrogens with zero attached hydrogens (tertiary/aromatic N) is 2. The average molecular weight is 371 g/mol. The minimum absolute atomic E-state index is 0.0469. The largest absolute Gasteiger partial charge is 0.357 e. The van der Waals surface area contributed by atoms with Crippen LogP contribution in [0.25, 0.3) is 0 Å². The Bertz CT molecular complexity index is 780. The van der Waals surface area contributed by atoms with Crippen molar-refractivity contribution in [3.8, 4) is 0 Å². The number of nitrogens with one attached hydrogen (secondary N) is 1. The monoisotopic (exact) mass is 371 g/mol. The predicted octanol–water partition coefficient (Wildman–Crippen LogP) is 1.72. The maximum absolute atomic E-state index is 13.9. The van der Waals surface area contributed by atoms with E-state index in [9.17, 15) is 17.2 Å². The number of rotatable bonds is 3. The molecular weight excluding hydrogens is 348 g/mol. The highest BCUT2D eigenvalue weighted by Crippen LogP contribution is 2.24. The molecule has 0 radical (unpaired) electrons. The minimum Gasteiger partial charge on any atom is -0.357 e. The number of hydrogen-bond acceptors (Lipinski definition) is 3. The smallest absolute Gasteiger partial charge is 0.194 e. The van der Waals surface area contributed by atoms with Gasteiger partial charge in [-0.25, -0.2) is 17.2 Å². The molecule has 2 aliphatic rings. The third-order valence-electron chi connectivity index (χ3n) is 4.71. The number of benzene rings is 1. The summed E-state index contributed by atoms with van der Waals surface area (Å²) in [6, 6.07) is 2.30. The highest BCUT2D eigenvalue weighted by molar-refractivity contribution is 7.91. The summed E-state index contributed by atoms with van der Waals surface area (Å²) in [6.45, 7) is 4.04. The highest BCUT2D eigenvalue weighted by atomic mass is 32.2. The Labute approximate surface area is 147 Å². The summed E-state index contributed by atoms with van der Waals surface area (Å²) in [4.78, 5) is 6.55. The van der Waals surface area contributed by atoms with E-state index in [1.165, 1.54) is 6.07 Å². The van der Waals surface area contributed by atoms with Gasteiger partial charge in [-0.2, -0.15) is 0 Å². The summed E-state index contributed by atoms with van der Waals surface area (Å²) in [5.74, 6) is 0.0748. The maximum Gasteiger partial charge on any atom is 0.194 e. The Kier molecular flexibility index (Phi) is 5.27. The normalized spacial score (nSPS) is 22.8. The van der Waals surface area contributed by atoms with E-state index in [-0.39, 0.29) is 17.4 Å². The molecule has 0 aromatic heterocycles. The van der Waals surface area contributed by atoms with Crippen molar-refractivity contribution in [3.05, 3.63) is 34.9 Å². The molecule has 2 heterocycles. The van der Waals surface area contributed by atoms with E-state index in [1.54, 1.807) is 0 Å². The van der Waals surface area contributed by atoms with Crippen LogP contribution in [0, 0.1) is 17.6 Å². The first-order chi connectivity index (χ1) is 11.9. The van der Waals surface area contributed by atoms with E-state index in [0.29, 0.717) is 56.1 Å². The SMILES string of the molecule is CCNC(=NCC1CCS(=O)(=O)C1)N1CCc2c(F)cc(F)cc2C1. The zero-order chi connectivity index (χ0) is 18.0. The number of guanidine groups is 1. The summed E-state index contributed by atoms with van der Waals surface area (Å²) >= 11 is 0. The number of fused-ring (bicyclic) bond motifs is 1. The first kappa shape index (κ1) is 18.1. The van der Waals surface area contributed by atoms with Gasteiger partial charge >= 0.3 is 0 Å². The fraction of sp³-hybridized carbons (Fsp3) is 0.588. The van der Waals surface area contributed by atoms with E-state index in [0.717, 1.165) is 6.07 Å². The zero-order valence-electron chi connectivity index (χ0n) is 14.3. The van der Waals surface area contributed by atoms with Crippen molar-refractivity contribution >= 4 is 15.8 Å². The highest BCUT2D eigenvalue weighted by Gasteiger charge is 2.28. The molecule has 0 aliphatic carbocycles. The van der Waals surface area contributed by atoms with Crippen molar-refractivity contribution in [2.45, 2.75) is 26.3 Å². The van der Waals surface area contributed by atoms with Crippen molar-refractivity contribution in [2.24, 2.45) is 10.9 Å². The van der Waals surface area contributed by atoms with Crippen molar-refractivity contribution in [3.63, 3.8) is 0 Å². The van der Waals surface area contributed by atoms with Crippen LogP contribution in [0.1, 0.15) is 24.5 Å². The second-order valence-corrected chi connectivity index (χ2v) is 8.89. The number of aliphatic imine (C=N–C) groups is 1. The van der Waals surface area contributed by atoms with E-state index in [2.05, 4.69) is 10.3 Å². The molecule has 1 aromatic rings. The summed E-state index contributed by atoms with van der Waals surface area (Å²) in [5.41, 5.74) is 1.20. The van der Waals surface area contributed by atoms with Crippen molar-refractivity contribution in [1.29, 1.82) is 0 Å². The van der Waals surface area contributed by atoms with Crippen LogP contribution in [0.4, 0.5) is 8.78 Å². The predicted molar refractivity (Wildman–Crippen MR) is 93.2 cm³/mol. The summed E-state index contributed by atoms with van der Waals surface area (Å²) in [5, 5.41) is 3.20. The van der Waals surface area contributed by atoms with E-state index in [4.69, 9.17) is 0 Å². The van der Waals surface area contributed by atoms with E-state index < -0.39 is 21.5 Å². The van der Waals surface area contributed by atoms with Gasteiger partial charge < -0.3 is 10.2 Å². The molecule has 5 nitrogen and oxygen atoms in total. The molecule has 0 spiro atoms. The fourth-order valence-electron chi connectivity index (χ4n) is 3.45. The van der Waals surface area contributed by atoms with E-state index in [1.807, 2.05) is 11.8 Å². The molecule has 0 saturated carbocycles. The van der Waals surface area contributed by atoms with Gasteiger partial charge in [0.2, 0.25) is 0 Å². The van der Waals surface area contributed by atoms with Gasteiger partial charge in [-0.3, -0.25) is 4.99 Å². The van der Waals surface area contributed by atoms with E-state index >= 15 is 0 Å². The van der Waals surface area contributed by atoms with Crippen LogP contribution >= 0.6 is 0 Å². The van der Waals surface area contributed by atoms with Gasteiger partial charge in [0.15, 0.2) is 15.8 Å². The van der Waals surface area contributed by atoms with Gasteiger partial charge in [-0.05, 0) is 42.9 Å². The van der Waals surface area contributed by atoms with Crippen molar-refractivity contribution in [2.75, 3.05) is 31.1 Å². The number of hydrogen-bond donors (Lipinski definition) is 1. The third-order valence-corrected chi connectivity index (χ3v) is 6.54. The lowest BCUT2D eigenvalue weighted by Gasteiger charge is -2.32. The number of halogens is 2. The minimum atomic E-state index is -2.92. The van der Waals surface area contributed by atoms with Gasteiger partial charge in [0.05, 0.1) is 11.5 Å².